The van der Waals surface area contributed by atoms with Gasteiger partial charge < -0.3 is 15.2 Å². The lowest BCUT2D eigenvalue weighted by molar-refractivity contribution is -0.385. The number of benzene rings is 1. The molecule has 10 heteroatoms. The lowest BCUT2D eigenvalue weighted by Crippen LogP contribution is -2.42. The van der Waals surface area contributed by atoms with Crippen molar-refractivity contribution in [1.82, 2.24) is 4.90 Å². The van der Waals surface area contributed by atoms with Crippen LogP contribution in [0.3, 0.4) is 0 Å². The highest BCUT2D eigenvalue weighted by molar-refractivity contribution is 5.57. The van der Waals surface area contributed by atoms with Crippen molar-refractivity contribution in [2.45, 2.75) is 12.3 Å². The molecule has 24 heavy (non-hydrogen) atoms. The number of anilines is 1. The van der Waals surface area contributed by atoms with Crippen LogP contribution in [0.15, 0.2) is 18.2 Å². The Labute approximate surface area is 136 Å². The maximum absolute atomic E-state index is 13.0. The van der Waals surface area contributed by atoms with E-state index < -0.39 is 28.5 Å². The molecule has 0 bridgehead atoms. The van der Waals surface area contributed by atoms with Crippen LogP contribution < -0.4 is 5.32 Å². The fourth-order valence-electron chi connectivity index (χ4n) is 2.41. The first-order valence-electron chi connectivity index (χ1n) is 7.35. The van der Waals surface area contributed by atoms with Crippen LogP contribution in [0.25, 0.3) is 0 Å². The molecule has 0 spiro atoms. The molecule has 0 radical (unpaired) electrons. The Hall–Kier alpha value is -1.91. The number of rotatable bonds is 6. The van der Waals surface area contributed by atoms with Crippen LogP contribution in [0.2, 0.25) is 0 Å². The summed E-state index contributed by atoms with van der Waals surface area (Å²) in [6, 6.07) is 2.48. The molecule has 134 valence electrons. The number of alkyl halides is 3. The van der Waals surface area contributed by atoms with Crippen LogP contribution in [0.5, 0.6) is 0 Å². The monoisotopic (exact) mass is 349 g/mol. The van der Waals surface area contributed by atoms with Gasteiger partial charge in [-0.25, -0.2) is 0 Å². The molecule has 1 aliphatic rings. The Bertz CT molecular complexity index is 577. The summed E-state index contributed by atoms with van der Waals surface area (Å²) < 4.78 is 44.3. The number of nitro benzene ring substituents is 1. The van der Waals surface area contributed by atoms with E-state index in [1.807, 2.05) is 4.90 Å². The molecule has 0 aliphatic carbocycles. The summed E-state index contributed by atoms with van der Waals surface area (Å²) in [7, 11) is 0. The molecule has 2 rings (SSSR count). The first kappa shape index (κ1) is 18.4. The number of non-ortho nitro benzene ring substituents is 1. The molecule has 2 N–H and O–H groups in total. The van der Waals surface area contributed by atoms with E-state index in [1.165, 1.54) is 0 Å². The third-order valence-corrected chi connectivity index (χ3v) is 3.62. The molecule has 1 aromatic rings. The van der Waals surface area contributed by atoms with Gasteiger partial charge in [0.05, 0.1) is 29.8 Å². The number of β-amino-alcohol motifs (C(OH)–C–C–N with tert-alkyl or cyclic N) is 1. The molecule has 1 saturated heterocycles. The van der Waals surface area contributed by atoms with Crippen LogP contribution in [0.4, 0.5) is 24.5 Å². The van der Waals surface area contributed by atoms with Crippen molar-refractivity contribution >= 4 is 11.4 Å². The van der Waals surface area contributed by atoms with E-state index in [1.54, 1.807) is 0 Å². The third-order valence-electron chi connectivity index (χ3n) is 3.62. The van der Waals surface area contributed by atoms with Gasteiger partial charge in [-0.3, -0.25) is 15.0 Å². The van der Waals surface area contributed by atoms with Gasteiger partial charge in [0.1, 0.15) is 0 Å². The molecular formula is C14H18F3N3O4. The number of halogens is 3. The van der Waals surface area contributed by atoms with Gasteiger partial charge in [-0.2, -0.15) is 13.2 Å². The van der Waals surface area contributed by atoms with Crippen molar-refractivity contribution in [2.75, 3.05) is 44.7 Å². The van der Waals surface area contributed by atoms with Crippen LogP contribution in [-0.2, 0) is 10.9 Å². The standard InChI is InChI=1S/C14H18F3N3O4/c15-14(16,17)12-7-10(20(22)23)1-2-13(12)18-8-11(21)9-19-3-5-24-6-4-19/h1-2,7,11,18,21H,3-6,8-9H2/t11-/m0/s1. The normalized spacial score (nSPS) is 17.5. The van der Waals surface area contributed by atoms with Crippen LogP contribution >= 0.6 is 0 Å². The van der Waals surface area contributed by atoms with E-state index in [9.17, 15) is 28.4 Å². The van der Waals surface area contributed by atoms with E-state index in [-0.39, 0.29) is 12.2 Å². The number of nitrogens with zero attached hydrogens (tertiary/aromatic N) is 2. The number of aliphatic hydroxyl groups excluding tert-OH is 1. The Morgan fingerprint density at radius 3 is 2.62 bits per heavy atom. The zero-order chi connectivity index (χ0) is 17.7. The minimum atomic E-state index is -4.73. The fraction of sp³-hybridized carbons (Fsp3) is 0.571. The lowest BCUT2D eigenvalue weighted by Gasteiger charge is -2.28. The predicted octanol–water partition coefficient (Wildman–Crippen LogP) is 1.72. The number of nitro groups is 1. The molecule has 1 heterocycles. The van der Waals surface area contributed by atoms with E-state index in [2.05, 4.69) is 5.32 Å². The van der Waals surface area contributed by atoms with E-state index >= 15 is 0 Å². The van der Waals surface area contributed by atoms with Crippen molar-refractivity contribution in [2.24, 2.45) is 0 Å². The van der Waals surface area contributed by atoms with Crippen molar-refractivity contribution in [3.05, 3.63) is 33.9 Å². The maximum atomic E-state index is 13.0. The summed E-state index contributed by atoms with van der Waals surface area (Å²) in [5, 5.41) is 23.1. The molecule has 1 aromatic carbocycles. The van der Waals surface area contributed by atoms with E-state index in [4.69, 9.17) is 4.74 Å². The zero-order valence-corrected chi connectivity index (χ0v) is 12.8. The Morgan fingerprint density at radius 2 is 2.04 bits per heavy atom. The first-order valence-corrected chi connectivity index (χ1v) is 7.35. The number of hydrogen-bond acceptors (Lipinski definition) is 6. The number of hydrogen-bond donors (Lipinski definition) is 2. The molecule has 1 aliphatic heterocycles. The second-order valence-electron chi connectivity index (χ2n) is 5.43. The van der Waals surface area contributed by atoms with Gasteiger partial charge in [-0.1, -0.05) is 0 Å². The number of nitrogens with one attached hydrogen (secondary N) is 1. The molecule has 1 fully saturated rings. The highest BCUT2D eigenvalue weighted by atomic mass is 19.4. The van der Waals surface area contributed by atoms with Gasteiger partial charge in [-0.05, 0) is 6.07 Å². The van der Waals surface area contributed by atoms with Crippen LogP contribution in [0, 0.1) is 10.1 Å². The predicted molar refractivity (Wildman–Crippen MR) is 79.9 cm³/mol. The van der Waals surface area contributed by atoms with Gasteiger partial charge >= 0.3 is 6.18 Å². The minimum Gasteiger partial charge on any atom is -0.390 e. The van der Waals surface area contributed by atoms with Gasteiger partial charge in [0, 0.05) is 44.0 Å². The second-order valence-corrected chi connectivity index (χ2v) is 5.43. The smallest absolute Gasteiger partial charge is 0.390 e. The Kier molecular flexibility index (Phi) is 5.97. The Morgan fingerprint density at radius 1 is 1.38 bits per heavy atom. The van der Waals surface area contributed by atoms with E-state index in [0.717, 1.165) is 12.1 Å². The van der Waals surface area contributed by atoms with E-state index in [0.29, 0.717) is 38.9 Å². The lowest BCUT2D eigenvalue weighted by atomic mass is 10.1. The summed E-state index contributed by atoms with van der Waals surface area (Å²) in [6.45, 7) is 2.63. The topological polar surface area (TPSA) is 87.9 Å². The van der Waals surface area contributed by atoms with Gasteiger partial charge in [0.15, 0.2) is 0 Å². The SMILES string of the molecule is O=[N+]([O-])c1ccc(NC[C@H](O)CN2CCOCC2)c(C(F)(F)F)c1. The minimum absolute atomic E-state index is 0.0990. The average molecular weight is 349 g/mol. The second kappa shape index (κ2) is 7.77. The third kappa shape index (κ3) is 5.05. The highest BCUT2D eigenvalue weighted by Crippen LogP contribution is 2.37. The number of aliphatic hydroxyl groups is 1. The van der Waals surface area contributed by atoms with Crippen molar-refractivity contribution < 1.29 is 27.9 Å². The molecular weight excluding hydrogens is 331 g/mol. The van der Waals surface area contributed by atoms with Crippen LogP contribution in [0.1, 0.15) is 5.56 Å². The molecule has 1 atom stereocenters. The summed E-state index contributed by atoms with van der Waals surface area (Å²) in [6.07, 6.45) is -5.61. The molecule has 7 nitrogen and oxygen atoms in total. The Balaban J connectivity index is 2.01. The van der Waals surface area contributed by atoms with Crippen molar-refractivity contribution in [3.63, 3.8) is 0 Å². The number of morpholine rings is 1. The fourth-order valence-corrected chi connectivity index (χ4v) is 2.41. The summed E-state index contributed by atoms with van der Waals surface area (Å²) in [4.78, 5) is 11.7. The van der Waals surface area contributed by atoms with Gasteiger partial charge in [-0.15, -0.1) is 0 Å². The molecule has 0 aromatic heterocycles. The molecule has 0 saturated carbocycles. The average Bonchev–Trinajstić information content (AvgIpc) is 2.52. The maximum Gasteiger partial charge on any atom is 0.418 e. The largest absolute Gasteiger partial charge is 0.418 e. The van der Waals surface area contributed by atoms with Gasteiger partial charge in [0.25, 0.3) is 5.69 Å². The summed E-state index contributed by atoms with van der Waals surface area (Å²) in [5.41, 5.74) is -2.06. The van der Waals surface area contributed by atoms with Crippen LogP contribution in [-0.4, -0.2) is 60.4 Å². The zero-order valence-electron chi connectivity index (χ0n) is 12.8. The highest BCUT2D eigenvalue weighted by Gasteiger charge is 2.35. The number of ether oxygens (including phenoxy) is 1. The molecule has 0 unspecified atom stereocenters. The summed E-state index contributed by atoms with van der Waals surface area (Å²) in [5.74, 6) is 0. The van der Waals surface area contributed by atoms with Gasteiger partial charge in [0.2, 0.25) is 0 Å². The summed E-state index contributed by atoms with van der Waals surface area (Å²) >= 11 is 0. The molecule has 0 amide bonds. The van der Waals surface area contributed by atoms with Crippen molar-refractivity contribution in [3.8, 4) is 0 Å². The quantitative estimate of drug-likeness (QED) is 0.601. The van der Waals surface area contributed by atoms with Crippen molar-refractivity contribution in [1.29, 1.82) is 0 Å². The first-order chi connectivity index (χ1) is 11.3.